The van der Waals surface area contributed by atoms with Crippen molar-refractivity contribution in [2.24, 2.45) is 0 Å². The molecule has 126 valence electrons. The highest BCUT2D eigenvalue weighted by Crippen LogP contribution is 2.56. The predicted molar refractivity (Wildman–Crippen MR) is 94.9 cm³/mol. The highest BCUT2D eigenvalue weighted by molar-refractivity contribution is 6.92. The monoisotopic (exact) mass is 342 g/mol. The maximum Gasteiger partial charge on any atom is 0.201 e. The second kappa shape index (κ2) is 5.26. The average Bonchev–Trinajstić information content (AvgIpc) is 3.13. The third-order valence-electron chi connectivity index (χ3n) is 5.50. The number of hydrogen-bond donors (Lipinski definition) is 1. The Morgan fingerprint density at radius 1 is 1.21 bits per heavy atom. The Bertz CT molecular complexity index is 774. The first kappa shape index (κ1) is 15.5. The number of methoxy groups -OCH3 is 1. The molecule has 2 atom stereocenters. The molecule has 0 unspecified atom stereocenters. The molecule has 24 heavy (non-hydrogen) atoms. The van der Waals surface area contributed by atoms with Gasteiger partial charge in [0.1, 0.15) is 5.75 Å². The second-order valence-corrected chi connectivity index (χ2v) is 11.5. The Labute approximate surface area is 143 Å². The molecule has 0 bridgehead atoms. The number of hydrogen-bond acceptors (Lipinski definition) is 4. The van der Waals surface area contributed by atoms with Crippen molar-refractivity contribution in [3.05, 3.63) is 48.0 Å². The molecule has 0 aromatic heterocycles. The van der Waals surface area contributed by atoms with E-state index in [4.69, 9.17) is 14.2 Å². The Balaban J connectivity index is 1.84. The van der Waals surface area contributed by atoms with E-state index in [1.807, 2.05) is 6.07 Å². The molecule has 2 aromatic rings. The first-order valence-corrected chi connectivity index (χ1v) is 11.3. The summed E-state index contributed by atoms with van der Waals surface area (Å²) >= 11 is 0. The lowest BCUT2D eigenvalue weighted by Crippen LogP contribution is -2.65. The Morgan fingerprint density at radius 2 is 1.96 bits per heavy atom. The normalized spacial score (nSPS) is 25.0. The molecule has 2 aliphatic rings. The molecule has 1 N–H and O–H groups in total. The van der Waals surface area contributed by atoms with Gasteiger partial charge in [-0.05, 0) is 12.5 Å². The smallest absolute Gasteiger partial charge is 0.201 e. The lowest BCUT2D eigenvalue weighted by Gasteiger charge is -2.41. The van der Waals surface area contributed by atoms with Gasteiger partial charge in [0.15, 0.2) is 19.6 Å². The van der Waals surface area contributed by atoms with Crippen molar-refractivity contribution >= 4 is 13.3 Å². The summed E-state index contributed by atoms with van der Waals surface area (Å²) in [5.74, 6) is 1.50. The van der Waals surface area contributed by atoms with E-state index in [1.54, 1.807) is 19.2 Å². The molecular formula is C19H22O4Si. The lowest BCUT2D eigenvalue weighted by atomic mass is 9.98. The van der Waals surface area contributed by atoms with Crippen LogP contribution < -0.4 is 14.7 Å². The molecule has 1 saturated heterocycles. The zero-order valence-electron chi connectivity index (χ0n) is 14.2. The van der Waals surface area contributed by atoms with E-state index < -0.39 is 13.5 Å². The van der Waals surface area contributed by atoms with Gasteiger partial charge in [0, 0.05) is 11.6 Å². The molecule has 4 nitrogen and oxygen atoms in total. The van der Waals surface area contributed by atoms with E-state index in [0.29, 0.717) is 12.4 Å². The molecule has 5 heteroatoms. The largest absolute Gasteiger partial charge is 0.504 e. The molecule has 4 rings (SSSR count). The van der Waals surface area contributed by atoms with Gasteiger partial charge < -0.3 is 19.3 Å². The second-order valence-electron chi connectivity index (χ2n) is 7.01. The summed E-state index contributed by atoms with van der Waals surface area (Å²) in [6.07, 6.45) is 0.905. The maximum absolute atomic E-state index is 10.2. The van der Waals surface area contributed by atoms with Crippen LogP contribution in [0.2, 0.25) is 13.1 Å². The quantitative estimate of drug-likeness (QED) is 0.871. The molecule has 0 amide bonds. The standard InChI is InChI=1S/C19H22O4Si/c1-21-18-12-17-14(11-16(18)20)15-9-10-22-19(15,23-17)24(2,3)13-7-5-4-6-8-13/h4-8,11-12,15,20H,9-10H2,1-3H3/t15-,19-/m1/s1. The minimum absolute atomic E-state index is 0.145. The first-order chi connectivity index (χ1) is 11.5. The minimum Gasteiger partial charge on any atom is -0.504 e. The van der Waals surface area contributed by atoms with Crippen molar-refractivity contribution in [1.82, 2.24) is 0 Å². The van der Waals surface area contributed by atoms with Crippen LogP contribution in [0.25, 0.3) is 0 Å². The molecule has 0 aliphatic carbocycles. The third-order valence-corrected chi connectivity index (χ3v) is 9.61. The predicted octanol–water partition coefficient (Wildman–Crippen LogP) is 3.15. The summed E-state index contributed by atoms with van der Waals surface area (Å²) in [6.45, 7) is 5.27. The average molecular weight is 342 g/mol. The van der Waals surface area contributed by atoms with Crippen LogP contribution in [0.1, 0.15) is 17.9 Å². The molecule has 0 saturated carbocycles. The summed E-state index contributed by atoms with van der Waals surface area (Å²) in [5.41, 5.74) is 0.400. The number of phenols is 1. The fraction of sp³-hybridized carbons (Fsp3) is 0.368. The van der Waals surface area contributed by atoms with Crippen molar-refractivity contribution in [2.45, 2.75) is 30.8 Å². The van der Waals surface area contributed by atoms with E-state index in [1.165, 1.54) is 5.19 Å². The van der Waals surface area contributed by atoms with Crippen LogP contribution in [0.3, 0.4) is 0 Å². The van der Waals surface area contributed by atoms with Crippen LogP contribution in [0.15, 0.2) is 42.5 Å². The molecule has 2 aromatic carbocycles. The first-order valence-electron chi connectivity index (χ1n) is 8.29. The van der Waals surface area contributed by atoms with Gasteiger partial charge in [-0.25, -0.2) is 0 Å². The molecule has 2 heterocycles. The van der Waals surface area contributed by atoms with Crippen molar-refractivity contribution in [3.8, 4) is 17.2 Å². The van der Waals surface area contributed by atoms with Crippen LogP contribution in [0.4, 0.5) is 0 Å². The molecule has 1 fully saturated rings. The summed E-state index contributed by atoms with van der Waals surface area (Å²) in [5, 5.41) is 11.5. The van der Waals surface area contributed by atoms with E-state index in [-0.39, 0.29) is 11.7 Å². The molecule has 0 radical (unpaired) electrons. The van der Waals surface area contributed by atoms with Gasteiger partial charge in [-0.1, -0.05) is 48.6 Å². The Hall–Kier alpha value is -1.98. The Morgan fingerprint density at radius 3 is 2.67 bits per heavy atom. The van der Waals surface area contributed by atoms with E-state index in [9.17, 15) is 5.11 Å². The fourth-order valence-electron chi connectivity index (χ4n) is 4.13. The van der Waals surface area contributed by atoms with Gasteiger partial charge in [0.05, 0.1) is 19.6 Å². The van der Waals surface area contributed by atoms with E-state index in [2.05, 4.69) is 37.4 Å². The summed E-state index contributed by atoms with van der Waals surface area (Å²) in [4.78, 5) is 0. The van der Waals surface area contributed by atoms with Gasteiger partial charge in [0.2, 0.25) is 5.41 Å². The van der Waals surface area contributed by atoms with Crippen LogP contribution >= 0.6 is 0 Å². The number of rotatable bonds is 3. The highest BCUT2D eigenvalue weighted by Gasteiger charge is 2.63. The number of phenolic OH excluding ortho intramolecular Hbond substituents is 1. The molecular weight excluding hydrogens is 320 g/mol. The summed E-state index contributed by atoms with van der Waals surface area (Å²) in [6, 6.07) is 14.1. The van der Waals surface area contributed by atoms with Crippen LogP contribution in [-0.4, -0.2) is 32.3 Å². The number of aromatic hydroxyl groups is 1. The van der Waals surface area contributed by atoms with E-state index in [0.717, 1.165) is 17.7 Å². The molecule has 0 spiro atoms. The number of fused-ring (bicyclic) bond motifs is 3. The molecule has 2 aliphatic heterocycles. The minimum atomic E-state index is -2.11. The lowest BCUT2D eigenvalue weighted by molar-refractivity contribution is -0.0836. The summed E-state index contributed by atoms with van der Waals surface area (Å²) in [7, 11) is -0.559. The van der Waals surface area contributed by atoms with Gasteiger partial charge in [-0.2, -0.15) is 0 Å². The number of ether oxygens (including phenoxy) is 3. The highest BCUT2D eigenvalue weighted by atomic mass is 28.3. The van der Waals surface area contributed by atoms with Crippen molar-refractivity contribution in [3.63, 3.8) is 0 Å². The fourth-order valence-corrected chi connectivity index (χ4v) is 7.56. The third kappa shape index (κ3) is 1.94. The SMILES string of the molecule is COc1cc2c(cc1O)[C@H]1CCO[C@@]1([Si](C)(C)c1ccccc1)O2. The van der Waals surface area contributed by atoms with Gasteiger partial charge in [0.25, 0.3) is 0 Å². The summed E-state index contributed by atoms with van der Waals surface area (Å²) < 4.78 is 18.0. The van der Waals surface area contributed by atoms with Crippen LogP contribution in [0, 0.1) is 0 Å². The van der Waals surface area contributed by atoms with Crippen molar-refractivity contribution in [2.75, 3.05) is 13.7 Å². The van der Waals surface area contributed by atoms with E-state index >= 15 is 0 Å². The zero-order chi connectivity index (χ0) is 16.9. The van der Waals surface area contributed by atoms with Crippen molar-refractivity contribution in [1.29, 1.82) is 0 Å². The van der Waals surface area contributed by atoms with Gasteiger partial charge in [-0.3, -0.25) is 0 Å². The Kier molecular flexibility index (Phi) is 3.40. The topological polar surface area (TPSA) is 47.9 Å². The van der Waals surface area contributed by atoms with Crippen molar-refractivity contribution < 1.29 is 19.3 Å². The maximum atomic E-state index is 10.2. The van der Waals surface area contributed by atoms with Gasteiger partial charge in [-0.15, -0.1) is 0 Å². The van der Waals surface area contributed by atoms with Gasteiger partial charge >= 0.3 is 0 Å². The zero-order valence-corrected chi connectivity index (χ0v) is 15.2. The number of benzene rings is 2. The van der Waals surface area contributed by atoms with Crippen LogP contribution in [0.5, 0.6) is 17.2 Å². The van der Waals surface area contributed by atoms with Crippen LogP contribution in [-0.2, 0) is 4.74 Å².